The van der Waals surface area contributed by atoms with Crippen molar-refractivity contribution in [1.82, 2.24) is 9.78 Å². The normalized spacial score (nSPS) is 15.5. The maximum Gasteiger partial charge on any atom is 0.337 e. The van der Waals surface area contributed by atoms with Crippen LogP contribution >= 0.6 is 11.6 Å². The summed E-state index contributed by atoms with van der Waals surface area (Å²) in [5, 5.41) is 22.9. The molecule has 1 aromatic heterocycles. The lowest BCUT2D eigenvalue weighted by Gasteiger charge is -2.31. The number of carbonyl (C=O) groups is 1. The zero-order chi connectivity index (χ0) is 17.3. The van der Waals surface area contributed by atoms with Gasteiger partial charge >= 0.3 is 5.97 Å². The number of carboxylic acid groups (broad SMARTS) is 1. The first-order valence-corrected chi connectivity index (χ1v) is 7.90. The molecule has 0 bridgehead atoms. The smallest absolute Gasteiger partial charge is 0.337 e. The topological polar surface area (TPSA) is 95.7 Å². The van der Waals surface area contributed by atoms with Gasteiger partial charge in [0.2, 0.25) is 0 Å². The summed E-state index contributed by atoms with van der Waals surface area (Å²) in [6.07, 6.45) is 2.32. The molecule has 0 spiro atoms. The minimum absolute atomic E-state index is 0.0124. The maximum atomic E-state index is 12.6. The Labute approximate surface area is 142 Å². The molecule has 0 saturated carbocycles. The number of aliphatic hydroxyl groups excluding tert-OH is 1. The molecule has 1 saturated heterocycles. The van der Waals surface area contributed by atoms with Gasteiger partial charge in [-0.25, -0.2) is 4.79 Å². The van der Waals surface area contributed by atoms with E-state index in [-0.39, 0.29) is 22.4 Å². The van der Waals surface area contributed by atoms with Crippen LogP contribution in [0.3, 0.4) is 0 Å². The van der Waals surface area contributed by atoms with Crippen LogP contribution in [0, 0.1) is 0 Å². The number of nitrogens with zero attached hydrogens (tertiary/aromatic N) is 3. The minimum atomic E-state index is -1.15. The molecule has 1 aromatic carbocycles. The molecule has 2 aromatic rings. The zero-order valence-electron chi connectivity index (χ0n) is 12.7. The summed E-state index contributed by atoms with van der Waals surface area (Å²) in [4.78, 5) is 25.8. The molecule has 2 N–H and O–H groups in total. The van der Waals surface area contributed by atoms with Crippen molar-refractivity contribution in [2.45, 2.75) is 18.9 Å². The highest BCUT2D eigenvalue weighted by atomic mass is 35.5. The number of aliphatic hydroxyl groups is 1. The van der Waals surface area contributed by atoms with Gasteiger partial charge < -0.3 is 15.1 Å². The quantitative estimate of drug-likeness (QED) is 0.872. The first-order valence-electron chi connectivity index (χ1n) is 7.52. The number of benzene rings is 1. The van der Waals surface area contributed by atoms with Crippen LogP contribution in [0.4, 0.5) is 5.69 Å². The number of piperidine rings is 1. The number of aromatic carboxylic acids is 1. The SMILES string of the molecule is O=C(O)c1ccccc1-n1ncc(N2CCC(O)CC2)c(Cl)c1=O. The summed E-state index contributed by atoms with van der Waals surface area (Å²) < 4.78 is 0.994. The second-order valence-electron chi connectivity index (χ2n) is 5.60. The first kappa shape index (κ1) is 16.5. The van der Waals surface area contributed by atoms with Crippen molar-refractivity contribution in [2.24, 2.45) is 0 Å². The van der Waals surface area contributed by atoms with E-state index in [1.165, 1.54) is 18.3 Å². The van der Waals surface area contributed by atoms with E-state index in [0.717, 1.165) is 4.68 Å². The third-order valence-corrected chi connectivity index (χ3v) is 4.42. The predicted octanol–water partition coefficient (Wildman–Crippen LogP) is 1.55. The average Bonchev–Trinajstić information content (AvgIpc) is 2.58. The van der Waals surface area contributed by atoms with Gasteiger partial charge in [0.25, 0.3) is 5.56 Å². The molecule has 3 rings (SSSR count). The number of hydrogen-bond acceptors (Lipinski definition) is 5. The molecular formula is C16H16ClN3O4. The van der Waals surface area contributed by atoms with Crippen LogP contribution in [0.5, 0.6) is 0 Å². The summed E-state index contributed by atoms with van der Waals surface area (Å²) in [5.74, 6) is -1.15. The van der Waals surface area contributed by atoms with E-state index in [1.54, 1.807) is 12.1 Å². The lowest BCUT2D eigenvalue weighted by atomic mass is 10.1. The van der Waals surface area contributed by atoms with Gasteiger partial charge in [-0.15, -0.1) is 0 Å². The Balaban J connectivity index is 2.03. The van der Waals surface area contributed by atoms with Crippen LogP contribution < -0.4 is 10.5 Å². The van der Waals surface area contributed by atoms with Crippen LogP contribution in [-0.4, -0.2) is 45.2 Å². The molecule has 1 fully saturated rings. The molecule has 0 atom stereocenters. The number of halogens is 1. The minimum Gasteiger partial charge on any atom is -0.478 e. The monoisotopic (exact) mass is 349 g/mol. The Morgan fingerprint density at radius 2 is 1.88 bits per heavy atom. The van der Waals surface area contributed by atoms with Crippen LogP contribution in [0.1, 0.15) is 23.2 Å². The van der Waals surface area contributed by atoms with Gasteiger partial charge in [-0.05, 0) is 25.0 Å². The first-order chi connectivity index (χ1) is 11.5. The molecular weight excluding hydrogens is 334 g/mol. The highest BCUT2D eigenvalue weighted by Crippen LogP contribution is 2.25. The van der Waals surface area contributed by atoms with E-state index >= 15 is 0 Å². The largest absolute Gasteiger partial charge is 0.478 e. The second kappa shape index (κ2) is 6.62. The highest BCUT2D eigenvalue weighted by molar-refractivity contribution is 6.33. The Morgan fingerprint density at radius 1 is 1.21 bits per heavy atom. The molecule has 7 nitrogen and oxygen atoms in total. The highest BCUT2D eigenvalue weighted by Gasteiger charge is 2.22. The summed E-state index contributed by atoms with van der Waals surface area (Å²) in [7, 11) is 0. The lowest BCUT2D eigenvalue weighted by molar-refractivity contribution is 0.0696. The van der Waals surface area contributed by atoms with E-state index in [9.17, 15) is 19.8 Å². The summed E-state index contributed by atoms with van der Waals surface area (Å²) in [5.41, 5.74) is 0.0566. The fourth-order valence-electron chi connectivity index (χ4n) is 2.76. The number of aromatic nitrogens is 2. The standard InChI is InChI=1S/C16H16ClN3O4/c17-14-13(19-7-5-10(21)6-8-19)9-18-20(15(14)22)12-4-2-1-3-11(12)16(23)24/h1-4,9-10,21H,5-8H2,(H,23,24). The van der Waals surface area contributed by atoms with Gasteiger partial charge in [-0.3, -0.25) is 4.79 Å². The number of hydrogen-bond donors (Lipinski definition) is 2. The Bertz CT molecular complexity index is 828. The molecule has 0 amide bonds. The van der Waals surface area contributed by atoms with Crippen molar-refractivity contribution in [3.63, 3.8) is 0 Å². The number of rotatable bonds is 3. The van der Waals surface area contributed by atoms with E-state index in [0.29, 0.717) is 31.6 Å². The van der Waals surface area contributed by atoms with Crippen molar-refractivity contribution >= 4 is 23.3 Å². The molecule has 1 aliphatic heterocycles. The Kier molecular flexibility index (Phi) is 4.55. The average molecular weight is 350 g/mol. The van der Waals surface area contributed by atoms with Crippen molar-refractivity contribution in [3.8, 4) is 5.69 Å². The van der Waals surface area contributed by atoms with E-state index < -0.39 is 11.5 Å². The summed E-state index contributed by atoms with van der Waals surface area (Å²) >= 11 is 6.22. The fourth-order valence-corrected chi connectivity index (χ4v) is 3.01. The van der Waals surface area contributed by atoms with Crippen LogP contribution in [0.15, 0.2) is 35.3 Å². The van der Waals surface area contributed by atoms with E-state index in [4.69, 9.17) is 11.6 Å². The lowest BCUT2D eigenvalue weighted by Crippen LogP contribution is -2.37. The van der Waals surface area contributed by atoms with Gasteiger partial charge in [-0.2, -0.15) is 9.78 Å². The molecule has 24 heavy (non-hydrogen) atoms. The number of anilines is 1. The number of para-hydroxylation sites is 1. The molecule has 0 radical (unpaired) electrons. The zero-order valence-corrected chi connectivity index (χ0v) is 13.5. The van der Waals surface area contributed by atoms with Crippen molar-refractivity contribution < 1.29 is 15.0 Å². The van der Waals surface area contributed by atoms with Gasteiger partial charge in [0.15, 0.2) is 0 Å². The molecule has 126 valence electrons. The van der Waals surface area contributed by atoms with E-state index in [2.05, 4.69) is 5.10 Å². The van der Waals surface area contributed by atoms with E-state index in [1.807, 2.05) is 4.90 Å². The Hall–Kier alpha value is -2.38. The maximum absolute atomic E-state index is 12.6. The van der Waals surface area contributed by atoms with Crippen LogP contribution in [0.25, 0.3) is 5.69 Å². The van der Waals surface area contributed by atoms with Gasteiger partial charge in [0, 0.05) is 13.1 Å². The fraction of sp³-hybridized carbons (Fsp3) is 0.312. The second-order valence-corrected chi connectivity index (χ2v) is 5.98. The van der Waals surface area contributed by atoms with Gasteiger partial charge in [-0.1, -0.05) is 23.7 Å². The molecule has 0 aliphatic carbocycles. The predicted molar refractivity (Wildman–Crippen MR) is 89.3 cm³/mol. The Morgan fingerprint density at radius 3 is 2.54 bits per heavy atom. The van der Waals surface area contributed by atoms with Crippen LogP contribution in [0.2, 0.25) is 5.02 Å². The van der Waals surface area contributed by atoms with Crippen LogP contribution in [-0.2, 0) is 0 Å². The van der Waals surface area contributed by atoms with Gasteiger partial charge in [0.1, 0.15) is 5.02 Å². The van der Waals surface area contributed by atoms with Crippen molar-refractivity contribution in [1.29, 1.82) is 0 Å². The molecule has 8 heteroatoms. The summed E-state index contributed by atoms with van der Waals surface area (Å²) in [6, 6.07) is 6.11. The van der Waals surface area contributed by atoms with Gasteiger partial charge in [0.05, 0.1) is 29.2 Å². The molecule has 1 aliphatic rings. The van der Waals surface area contributed by atoms with Crippen molar-refractivity contribution in [2.75, 3.05) is 18.0 Å². The number of carboxylic acids is 1. The summed E-state index contributed by atoms with van der Waals surface area (Å²) in [6.45, 7) is 1.16. The third-order valence-electron chi connectivity index (χ3n) is 4.07. The third kappa shape index (κ3) is 3.00. The molecule has 2 heterocycles. The molecule has 0 unspecified atom stereocenters. The van der Waals surface area contributed by atoms with Crippen molar-refractivity contribution in [3.05, 3.63) is 51.4 Å².